The highest BCUT2D eigenvalue weighted by Crippen LogP contribution is 2.37. The first-order chi connectivity index (χ1) is 11.6. The molecule has 0 bridgehead atoms. The SMILES string of the molecule is CSc1ccc(NC(=O)C2(c3cccc(Cl)c3)CCOCC2)cc1. The molecule has 24 heavy (non-hydrogen) atoms. The summed E-state index contributed by atoms with van der Waals surface area (Å²) in [4.78, 5) is 14.3. The molecule has 0 aromatic heterocycles. The normalized spacial score (nSPS) is 16.6. The van der Waals surface area contributed by atoms with Crippen LogP contribution in [0, 0.1) is 0 Å². The van der Waals surface area contributed by atoms with E-state index in [-0.39, 0.29) is 5.91 Å². The molecule has 3 rings (SSSR count). The zero-order valence-corrected chi connectivity index (χ0v) is 15.1. The van der Waals surface area contributed by atoms with Crippen molar-refractivity contribution in [1.82, 2.24) is 0 Å². The van der Waals surface area contributed by atoms with E-state index in [2.05, 4.69) is 5.32 Å². The van der Waals surface area contributed by atoms with Gasteiger partial charge in [0.05, 0.1) is 5.41 Å². The summed E-state index contributed by atoms with van der Waals surface area (Å²) in [6.07, 6.45) is 3.34. The van der Waals surface area contributed by atoms with Crippen molar-refractivity contribution in [2.45, 2.75) is 23.2 Å². The second-order valence-corrected chi connectivity index (χ2v) is 7.20. The van der Waals surface area contributed by atoms with Crippen molar-refractivity contribution in [2.24, 2.45) is 0 Å². The fourth-order valence-electron chi connectivity index (χ4n) is 3.08. The molecule has 1 heterocycles. The van der Waals surface area contributed by atoms with Gasteiger partial charge in [0.25, 0.3) is 0 Å². The molecule has 1 aliphatic rings. The topological polar surface area (TPSA) is 38.3 Å². The highest BCUT2D eigenvalue weighted by atomic mass is 35.5. The number of rotatable bonds is 4. The van der Waals surface area contributed by atoms with Gasteiger partial charge in [-0.05, 0) is 61.1 Å². The van der Waals surface area contributed by atoms with E-state index in [4.69, 9.17) is 16.3 Å². The molecule has 1 saturated heterocycles. The monoisotopic (exact) mass is 361 g/mol. The number of benzene rings is 2. The molecule has 0 saturated carbocycles. The summed E-state index contributed by atoms with van der Waals surface area (Å²) in [7, 11) is 0. The van der Waals surface area contributed by atoms with Crippen molar-refractivity contribution in [2.75, 3.05) is 24.8 Å². The highest BCUT2D eigenvalue weighted by molar-refractivity contribution is 7.98. The van der Waals surface area contributed by atoms with Gasteiger partial charge in [0, 0.05) is 28.8 Å². The van der Waals surface area contributed by atoms with Crippen LogP contribution in [0.25, 0.3) is 0 Å². The van der Waals surface area contributed by atoms with Crippen molar-refractivity contribution < 1.29 is 9.53 Å². The second kappa shape index (κ2) is 7.60. The molecule has 126 valence electrons. The van der Waals surface area contributed by atoms with E-state index in [0.29, 0.717) is 31.1 Å². The summed E-state index contributed by atoms with van der Waals surface area (Å²) in [6.45, 7) is 1.15. The van der Waals surface area contributed by atoms with Gasteiger partial charge < -0.3 is 10.1 Å². The average molecular weight is 362 g/mol. The Kier molecular flexibility index (Phi) is 5.49. The molecular formula is C19H20ClNO2S. The fourth-order valence-corrected chi connectivity index (χ4v) is 3.68. The van der Waals surface area contributed by atoms with E-state index in [0.717, 1.165) is 11.3 Å². The van der Waals surface area contributed by atoms with Crippen molar-refractivity contribution in [1.29, 1.82) is 0 Å². The molecule has 1 fully saturated rings. The number of carbonyl (C=O) groups is 1. The second-order valence-electron chi connectivity index (χ2n) is 5.89. The zero-order chi connectivity index (χ0) is 17.0. The molecule has 0 radical (unpaired) electrons. The summed E-state index contributed by atoms with van der Waals surface area (Å²) in [5.41, 5.74) is 1.17. The van der Waals surface area contributed by atoms with Gasteiger partial charge in [-0.3, -0.25) is 4.79 Å². The van der Waals surface area contributed by atoms with Gasteiger partial charge in [0.1, 0.15) is 0 Å². The van der Waals surface area contributed by atoms with E-state index >= 15 is 0 Å². The molecule has 2 aromatic rings. The standard InChI is InChI=1S/C19H20ClNO2S/c1-24-17-7-5-16(6-8-17)21-18(22)19(9-11-23-12-10-19)14-3-2-4-15(20)13-14/h2-8,13H,9-12H2,1H3,(H,21,22). The van der Waals surface area contributed by atoms with Crippen LogP contribution in [0.3, 0.4) is 0 Å². The van der Waals surface area contributed by atoms with Gasteiger partial charge in [-0.1, -0.05) is 23.7 Å². The van der Waals surface area contributed by atoms with E-state index < -0.39 is 5.41 Å². The van der Waals surface area contributed by atoms with Crippen LogP contribution in [-0.4, -0.2) is 25.4 Å². The molecule has 1 amide bonds. The minimum atomic E-state index is -0.596. The Balaban J connectivity index is 1.88. The van der Waals surface area contributed by atoms with Crippen LogP contribution in [0.2, 0.25) is 5.02 Å². The number of nitrogens with one attached hydrogen (secondary N) is 1. The molecule has 5 heteroatoms. The molecule has 0 spiro atoms. The molecule has 1 N–H and O–H groups in total. The Morgan fingerprint density at radius 2 is 1.88 bits per heavy atom. The van der Waals surface area contributed by atoms with E-state index in [1.807, 2.05) is 54.8 Å². The van der Waals surface area contributed by atoms with E-state index in [1.165, 1.54) is 4.90 Å². The van der Waals surface area contributed by atoms with Gasteiger partial charge in [0.2, 0.25) is 5.91 Å². The quantitative estimate of drug-likeness (QED) is 0.799. The van der Waals surface area contributed by atoms with Gasteiger partial charge in [-0.25, -0.2) is 0 Å². The number of ether oxygens (including phenoxy) is 1. The summed E-state index contributed by atoms with van der Waals surface area (Å²) in [6, 6.07) is 15.5. The zero-order valence-electron chi connectivity index (χ0n) is 13.5. The van der Waals surface area contributed by atoms with Gasteiger partial charge >= 0.3 is 0 Å². The number of thioether (sulfide) groups is 1. The van der Waals surface area contributed by atoms with Crippen molar-refractivity contribution >= 4 is 35.0 Å². The molecular weight excluding hydrogens is 342 g/mol. The Bertz CT molecular complexity index is 712. The minimum Gasteiger partial charge on any atom is -0.381 e. The van der Waals surface area contributed by atoms with Gasteiger partial charge in [0.15, 0.2) is 0 Å². The summed E-state index contributed by atoms with van der Waals surface area (Å²) < 4.78 is 5.49. The smallest absolute Gasteiger partial charge is 0.235 e. The number of hydrogen-bond donors (Lipinski definition) is 1. The van der Waals surface area contributed by atoms with Gasteiger partial charge in [-0.2, -0.15) is 0 Å². The summed E-state index contributed by atoms with van der Waals surface area (Å²) >= 11 is 7.84. The summed E-state index contributed by atoms with van der Waals surface area (Å²) in [5.74, 6) is 0.00460. The van der Waals surface area contributed by atoms with Crippen LogP contribution < -0.4 is 5.32 Å². The first-order valence-electron chi connectivity index (χ1n) is 7.93. The Morgan fingerprint density at radius 1 is 1.17 bits per heavy atom. The number of hydrogen-bond acceptors (Lipinski definition) is 3. The fraction of sp³-hybridized carbons (Fsp3) is 0.316. The first kappa shape index (κ1) is 17.3. The largest absolute Gasteiger partial charge is 0.381 e. The Morgan fingerprint density at radius 3 is 2.50 bits per heavy atom. The first-order valence-corrected chi connectivity index (χ1v) is 9.54. The lowest BCUT2D eigenvalue weighted by atomic mass is 9.73. The maximum absolute atomic E-state index is 13.1. The van der Waals surface area contributed by atoms with Crippen molar-refractivity contribution in [3.63, 3.8) is 0 Å². The maximum Gasteiger partial charge on any atom is 0.235 e. The number of anilines is 1. The molecule has 0 atom stereocenters. The van der Waals surface area contributed by atoms with E-state index in [1.54, 1.807) is 11.8 Å². The lowest BCUT2D eigenvalue weighted by Crippen LogP contribution is -2.44. The molecule has 2 aromatic carbocycles. The number of halogens is 1. The predicted molar refractivity (Wildman–Crippen MR) is 100 cm³/mol. The summed E-state index contributed by atoms with van der Waals surface area (Å²) in [5, 5.41) is 3.72. The Hall–Kier alpha value is -1.49. The lowest BCUT2D eigenvalue weighted by Gasteiger charge is -2.36. The molecule has 0 aliphatic carbocycles. The number of amides is 1. The molecule has 0 unspecified atom stereocenters. The predicted octanol–water partition coefficient (Wildman–Crippen LogP) is 4.75. The average Bonchev–Trinajstić information content (AvgIpc) is 2.63. The highest BCUT2D eigenvalue weighted by Gasteiger charge is 2.41. The van der Waals surface area contributed by atoms with Crippen LogP contribution in [0.5, 0.6) is 0 Å². The van der Waals surface area contributed by atoms with E-state index in [9.17, 15) is 4.79 Å². The molecule has 1 aliphatic heterocycles. The van der Waals surface area contributed by atoms with Crippen LogP contribution in [0.15, 0.2) is 53.4 Å². The minimum absolute atomic E-state index is 0.00460. The van der Waals surface area contributed by atoms with Crippen molar-refractivity contribution in [3.8, 4) is 0 Å². The number of carbonyl (C=O) groups excluding carboxylic acids is 1. The van der Waals surface area contributed by atoms with Crippen LogP contribution in [0.1, 0.15) is 18.4 Å². The third-order valence-electron chi connectivity index (χ3n) is 4.51. The van der Waals surface area contributed by atoms with Crippen LogP contribution in [0.4, 0.5) is 5.69 Å². The Labute approximate surface area is 151 Å². The third-order valence-corrected chi connectivity index (χ3v) is 5.48. The van der Waals surface area contributed by atoms with Crippen molar-refractivity contribution in [3.05, 3.63) is 59.1 Å². The lowest BCUT2D eigenvalue weighted by molar-refractivity contribution is -0.125. The maximum atomic E-state index is 13.1. The third kappa shape index (κ3) is 3.61. The van der Waals surface area contributed by atoms with Crippen LogP contribution >= 0.6 is 23.4 Å². The van der Waals surface area contributed by atoms with Gasteiger partial charge in [-0.15, -0.1) is 11.8 Å². The molecule has 3 nitrogen and oxygen atoms in total. The van der Waals surface area contributed by atoms with Crippen LogP contribution in [-0.2, 0) is 14.9 Å².